The summed E-state index contributed by atoms with van der Waals surface area (Å²) in [5.74, 6) is -0.341. The zero-order valence-electron chi connectivity index (χ0n) is 11.8. The van der Waals surface area contributed by atoms with E-state index in [0.717, 1.165) is 5.56 Å². The van der Waals surface area contributed by atoms with E-state index >= 15 is 0 Å². The summed E-state index contributed by atoms with van der Waals surface area (Å²) in [4.78, 5) is 23.6. The molecule has 1 aliphatic rings. The topological polar surface area (TPSA) is 67.4 Å². The zero-order valence-corrected chi connectivity index (χ0v) is 11.8. The van der Waals surface area contributed by atoms with Gasteiger partial charge >= 0.3 is 5.97 Å². The van der Waals surface area contributed by atoms with E-state index < -0.39 is 12.1 Å². The number of carbonyl (C=O) groups is 2. The van der Waals surface area contributed by atoms with Gasteiger partial charge in [0.1, 0.15) is 18.7 Å². The molecule has 2 N–H and O–H groups in total. The molecule has 2 atom stereocenters. The first-order valence-corrected chi connectivity index (χ1v) is 6.82. The van der Waals surface area contributed by atoms with Crippen molar-refractivity contribution in [1.29, 1.82) is 0 Å². The number of amides is 1. The van der Waals surface area contributed by atoms with Gasteiger partial charge in [0, 0.05) is 6.54 Å². The normalized spacial score (nSPS) is 22.4. The van der Waals surface area contributed by atoms with Crippen LogP contribution in [-0.4, -0.2) is 30.6 Å². The largest absolute Gasteiger partial charge is 0.462 e. The number of cyclic esters (lactones) is 1. The van der Waals surface area contributed by atoms with Crippen LogP contribution >= 0.6 is 0 Å². The molecule has 0 radical (unpaired) electrons. The van der Waals surface area contributed by atoms with Gasteiger partial charge in [-0.25, -0.2) is 0 Å². The lowest BCUT2D eigenvalue weighted by Crippen LogP contribution is -2.59. The van der Waals surface area contributed by atoms with Crippen LogP contribution in [-0.2, 0) is 20.9 Å². The molecule has 1 aliphatic heterocycles. The molecule has 2 unspecified atom stereocenters. The van der Waals surface area contributed by atoms with Crippen LogP contribution in [0.15, 0.2) is 30.3 Å². The van der Waals surface area contributed by atoms with Gasteiger partial charge in [-0.2, -0.15) is 0 Å². The van der Waals surface area contributed by atoms with Crippen molar-refractivity contribution in [2.45, 2.75) is 32.5 Å². The van der Waals surface area contributed by atoms with Crippen molar-refractivity contribution in [2.75, 3.05) is 6.61 Å². The van der Waals surface area contributed by atoms with Gasteiger partial charge in [-0.1, -0.05) is 44.2 Å². The van der Waals surface area contributed by atoms with Crippen molar-refractivity contribution >= 4 is 11.9 Å². The molecule has 0 saturated carbocycles. The van der Waals surface area contributed by atoms with Gasteiger partial charge in [0.05, 0.1) is 0 Å². The number of morpholine rings is 1. The Hall–Kier alpha value is -1.88. The monoisotopic (exact) mass is 276 g/mol. The lowest BCUT2D eigenvalue weighted by Gasteiger charge is -2.31. The molecule has 0 bridgehead atoms. The summed E-state index contributed by atoms with van der Waals surface area (Å²) >= 11 is 0. The third-order valence-electron chi connectivity index (χ3n) is 3.32. The number of rotatable bonds is 4. The van der Waals surface area contributed by atoms with Crippen molar-refractivity contribution < 1.29 is 14.3 Å². The van der Waals surface area contributed by atoms with Crippen LogP contribution in [0.25, 0.3) is 0 Å². The van der Waals surface area contributed by atoms with Crippen molar-refractivity contribution in [3.8, 4) is 0 Å². The fraction of sp³-hybridized carbons (Fsp3) is 0.467. The molecule has 0 aromatic heterocycles. The van der Waals surface area contributed by atoms with E-state index in [1.807, 2.05) is 44.2 Å². The number of hydrogen-bond donors (Lipinski definition) is 2. The van der Waals surface area contributed by atoms with E-state index in [4.69, 9.17) is 4.74 Å². The fourth-order valence-electron chi connectivity index (χ4n) is 2.11. The van der Waals surface area contributed by atoms with Crippen LogP contribution in [0.4, 0.5) is 0 Å². The van der Waals surface area contributed by atoms with Crippen molar-refractivity contribution in [1.82, 2.24) is 10.6 Å². The van der Waals surface area contributed by atoms with E-state index in [0.29, 0.717) is 6.54 Å². The van der Waals surface area contributed by atoms with Crippen molar-refractivity contribution in [2.24, 2.45) is 5.92 Å². The predicted octanol–water partition coefficient (Wildman–Crippen LogP) is 0.842. The second-order valence-electron chi connectivity index (χ2n) is 5.27. The highest BCUT2D eigenvalue weighted by molar-refractivity contribution is 5.85. The van der Waals surface area contributed by atoms with Gasteiger partial charge in [0.15, 0.2) is 0 Å². The summed E-state index contributed by atoms with van der Waals surface area (Å²) in [6.07, 6.45) is 0. The number of benzene rings is 1. The molecule has 108 valence electrons. The maximum Gasteiger partial charge on any atom is 0.323 e. The molecule has 1 aromatic rings. The molecule has 0 spiro atoms. The average Bonchev–Trinajstić information content (AvgIpc) is 2.46. The molecule has 5 heteroatoms. The summed E-state index contributed by atoms with van der Waals surface area (Å²) < 4.78 is 5.08. The predicted molar refractivity (Wildman–Crippen MR) is 74.8 cm³/mol. The van der Waals surface area contributed by atoms with E-state index in [1.54, 1.807) is 0 Å². The third kappa shape index (κ3) is 3.57. The summed E-state index contributed by atoms with van der Waals surface area (Å²) in [7, 11) is 0. The van der Waals surface area contributed by atoms with Crippen LogP contribution in [0.1, 0.15) is 19.4 Å². The summed E-state index contributed by atoms with van der Waals surface area (Å²) in [5, 5.41) is 5.90. The number of carbonyl (C=O) groups excluding carboxylic acids is 2. The molecular formula is C15H20N2O3. The van der Waals surface area contributed by atoms with E-state index in [9.17, 15) is 9.59 Å². The average molecular weight is 276 g/mol. The van der Waals surface area contributed by atoms with Crippen molar-refractivity contribution in [3.63, 3.8) is 0 Å². The minimum Gasteiger partial charge on any atom is -0.462 e. The highest BCUT2D eigenvalue weighted by Crippen LogP contribution is 2.10. The number of hydrogen-bond acceptors (Lipinski definition) is 4. The lowest BCUT2D eigenvalue weighted by molar-refractivity contribution is -0.155. The molecule has 20 heavy (non-hydrogen) atoms. The van der Waals surface area contributed by atoms with Gasteiger partial charge in [0.25, 0.3) is 0 Å². The molecule has 1 aromatic carbocycles. The number of esters is 1. The molecule has 1 saturated heterocycles. The van der Waals surface area contributed by atoms with Crippen LogP contribution in [0.3, 0.4) is 0 Å². The maximum absolute atomic E-state index is 12.1. The summed E-state index contributed by atoms with van der Waals surface area (Å²) in [5.41, 5.74) is 1.04. The SMILES string of the molecule is CC(C)C1NC(C(=O)NCc2ccccc2)COC1=O. The summed E-state index contributed by atoms with van der Waals surface area (Å²) in [6.45, 7) is 4.40. The Morgan fingerprint density at radius 3 is 2.75 bits per heavy atom. The Balaban J connectivity index is 1.88. The quantitative estimate of drug-likeness (QED) is 0.800. The van der Waals surface area contributed by atoms with Gasteiger partial charge in [0.2, 0.25) is 5.91 Å². The summed E-state index contributed by atoms with van der Waals surface area (Å²) in [6, 6.07) is 8.78. The maximum atomic E-state index is 12.1. The molecule has 1 fully saturated rings. The number of ether oxygens (including phenoxy) is 1. The van der Waals surface area contributed by atoms with Crippen LogP contribution in [0.2, 0.25) is 0 Å². The van der Waals surface area contributed by atoms with Gasteiger partial charge < -0.3 is 10.1 Å². The Kier molecular flexibility index (Phi) is 4.74. The van der Waals surface area contributed by atoms with Gasteiger partial charge in [-0.15, -0.1) is 0 Å². The molecule has 2 rings (SSSR count). The van der Waals surface area contributed by atoms with E-state index in [2.05, 4.69) is 10.6 Å². The lowest BCUT2D eigenvalue weighted by atomic mass is 10.0. The Labute approximate surface area is 118 Å². The molecular weight excluding hydrogens is 256 g/mol. The zero-order chi connectivity index (χ0) is 14.5. The van der Waals surface area contributed by atoms with E-state index in [1.165, 1.54) is 0 Å². The third-order valence-corrected chi connectivity index (χ3v) is 3.32. The standard InChI is InChI=1S/C15H20N2O3/c1-10(2)13-15(19)20-9-12(17-13)14(18)16-8-11-6-4-3-5-7-11/h3-7,10,12-13,17H,8-9H2,1-2H3,(H,16,18). The minimum absolute atomic E-state index is 0.0860. The van der Waals surface area contributed by atoms with Crippen LogP contribution < -0.4 is 10.6 Å². The Morgan fingerprint density at radius 2 is 2.10 bits per heavy atom. The first-order valence-electron chi connectivity index (χ1n) is 6.82. The van der Waals surface area contributed by atoms with Gasteiger partial charge in [-0.3, -0.25) is 14.9 Å². The minimum atomic E-state index is -0.483. The van der Waals surface area contributed by atoms with Crippen LogP contribution in [0, 0.1) is 5.92 Å². The molecule has 1 amide bonds. The second kappa shape index (κ2) is 6.52. The Bertz CT molecular complexity index is 473. The van der Waals surface area contributed by atoms with Gasteiger partial charge in [-0.05, 0) is 11.5 Å². The first-order chi connectivity index (χ1) is 9.58. The molecule has 1 heterocycles. The van der Waals surface area contributed by atoms with Crippen LogP contribution in [0.5, 0.6) is 0 Å². The highest BCUT2D eigenvalue weighted by Gasteiger charge is 2.34. The molecule has 5 nitrogen and oxygen atoms in total. The Morgan fingerprint density at radius 1 is 1.40 bits per heavy atom. The van der Waals surface area contributed by atoms with E-state index in [-0.39, 0.29) is 24.4 Å². The second-order valence-corrected chi connectivity index (χ2v) is 5.27. The fourth-order valence-corrected chi connectivity index (χ4v) is 2.11. The number of nitrogens with one attached hydrogen (secondary N) is 2. The molecule has 0 aliphatic carbocycles. The van der Waals surface area contributed by atoms with Crippen molar-refractivity contribution in [3.05, 3.63) is 35.9 Å². The smallest absolute Gasteiger partial charge is 0.323 e. The highest BCUT2D eigenvalue weighted by atomic mass is 16.5. The first kappa shape index (κ1) is 14.5.